The molecule has 0 aliphatic carbocycles. The zero-order valence-corrected chi connectivity index (χ0v) is 13.1. The molecule has 1 aromatic rings. The molecule has 1 aromatic heterocycles. The van der Waals surface area contributed by atoms with Crippen molar-refractivity contribution < 1.29 is 26.7 Å². The molecule has 0 atom stereocenters. The van der Waals surface area contributed by atoms with Crippen LogP contribution in [0.5, 0.6) is 0 Å². The third-order valence-electron chi connectivity index (χ3n) is 2.56. The lowest BCUT2D eigenvalue weighted by molar-refractivity contribution is -0.0327. The number of rotatable bonds is 7. The van der Waals surface area contributed by atoms with Crippen molar-refractivity contribution in [1.82, 2.24) is 14.5 Å². The monoisotopic (exact) mass is 347 g/mol. The van der Waals surface area contributed by atoms with Gasteiger partial charge in [0.25, 0.3) is 0 Å². The fourth-order valence-electron chi connectivity index (χ4n) is 1.80. The fourth-order valence-corrected chi connectivity index (χ4v) is 3.80. The van der Waals surface area contributed by atoms with Crippen LogP contribution in [-0.2, 0) is 16.6 Å². The lowest BCUT2D eigenvalue weighted by Crippen LogP contribution is -2.27. The van der Waals surface area contributed by atoms with Crippen LogP contribution in [-0.4, -0.2) is 47.7 Å². The number of halogens is 3. The molecule has 0 saturated heterocycles. The van der Waals surface area contributed by atoms with Gasteiger partial charge in [-0.1, -0.05) is 0 Å². The van der Waals surface area contributed by atoms with Crippen LogP contribution in [0.2, 0.25) is 0 Å². The molecule has 0 aliphatic rings. The Hall–Kier alpha value is -0.780. The fraction of sp³-hybridized carbons (Fsp3) is 0.700. The molecule has 21 heavy (non-hydrogen) atoms. The van der Waals surface area contributed by atoms with Gasteiger partial charge in [-0.15, -0.1) is 0 Å². The second-order valence-corrected chi connectivity index (χ2v) is 7.00. The van der Waals surface area contributed by atoms with Gasteiger partial charge >= 0.3 is 5.51 Å². The van der Waals surface area contributed by atoms with Crippen molar-refractivity contribution in [3.8, 4) is 0 Å². The Kier molecular flexibility index (Phi) is 6.08. The van der Waals surface area contributed by atoms with Crippen LogP contribution in [0.25, 0.3) is 0 Å². The number of alkyl halides is 3. The van der Waals surface area contributed by atoms with E-state index in [9.17, 15) is 21.6 Å². The predicted molar refractivity (Wildman–Crippen MR) is 72.5 cm³/mol. The van der Waals surface area contributed by atoms with Gasteiger partial charge in [-0.2, -0.15) is 18.3 Å². The average molecular weight is 347 g/mol. The lowest BCUT2D eigenvalue weighted by Gasteiger charge is -2.08. The van der Waals surface area contributed by atoms with Crippen LogP contribution in [0, 0.1) is 13.8 Å². The van der Waals surface area contributed by atoms with Crippen LogP contribution in [0.3, 0.4) is 0 Å². The zero-order valence-electron chi connectivity index (χ0n) is 11.4. The summed E-state index contributed by atoms with van der Waals surface area (Å²) in [5.41, 5.74) is -3.82. The average Bonchev–Trinajstić information content (AvgIpc) is 2.60. The quantitative estimate of drug-likeness (QED) is 0.720. The molecular weight excluding hydrogens is 331 g/mol. The van der Waals surface area contributed by atoms with E-state index in [1.54, 1.807) is 0 Å². The SMILES string of the molecule is Cc1nn(CCO)c(C)c1S(=O)(=O)NCCSC(F)(F)F. The summed E-state index contributed by atoms with van der Waals surface area (Å²) in [6.45, 7) is 2.62. The maximum absolute atomic E-state index is 12.1. The minimum atomic E-state index is -4.39. The summed E-state index contributed by atoms with van der Waals surface area (Å²) in [7, 11) is -3.93. The first-order valence-corrected chi connectivity index (χ1v) is 8.40. The third-order valence-corrected chi connectivity index (χ3v) is 5.00. The van der Waals surface area contributed by atoms with Crippen LogP contribution in [0.1, 0.15) is 11.4 Å². The van der Waals surface area contributed by atoms with E-state index < -0.39 is 21.3 Å². The maximum atomic E-state index is 12.1. The number of hydrogen-bond acceptors (Lipinski definition) is 5. The number of aliphatic hydroxyl groups excluding tert-OH is 1. The van der Waals surface area contributed by atoms with Crippen LogP contribution < -0.4 is 4.72 Å². The van der Waals surface area contributed by atoms with Gasteiger partial charge in [0.1, 0.15) is 4.90 Å². The summed E-state index contributed by atoms with van der Waals surface area (Å²) in [6, 6.07) is 0. The first-order valence-electron chi connectivity index (χ1n) is 5.93. The van der Waals surface area contributed by atoms with Gasteiger partial charge in [-0.05, 0) is 25.6 Å². The number of aryl methyl sites for hydroxylation is 1. The zero-order chi connectivity index (χ0) is 16.3. The molecule has 11 heteroatoms. The highest BCUT2D eigenvalue weighted by Crippen LogP contribution is 2.29. The molecule has 1 heterocycles. The van der Waals surface area contributed by atoms with Crippen molar-refractivity contribution in [3.05, 3.63) is 11.4 Å². The van der Waals surface area contributed by atoms with Crippen molar-refractivity contribution in [3.63, 3.8) is 0 Å². The summed E-state index contributed by atoms with van der Waals surface area (Å²) in [5, 5.41) is 12.8. The molecule has 0 bridgehead atoms. The summed E-state index contributed by atoms with van der Waals surface area (Å²) < 4.78 is 63.5. The minimum Gasteiger partial charge on any atom is -0.394 e. The standard InChI is InChI=1S/C10H16F3N3O3S2/c1-7-9(8(2)16(15-7)4-5-17)21(18,19)14-3-6-20-10(11,12)13/h14,17H,3-6H2,1-2H3. The predicted octanol–water partition coefficient (Wildman–Crippen LogP) is 1.02. The van der Waals surface area contributed by atoms with Gasteiger partial charge in [-0.3, -0.25) is 4.68 Å². The molecule has 2 N–H and O–H groups in total. The normalized spacial score (nSPS) is 12.9. The minimum absolute atomic E-state index is 0.0621. The van der Waals surface area contributed by atoms with Crippen molar-refractivity contribution in [1.29, 1.82) is 0 Å². The molecule has 122 valence electrons. The summed E-state index contributed by atoms with van der Waals surface area (Å²) >= 11 is -0.290. The summed E-state index contributed by atoms with van der Waals surface area (Å²) in [5.74, 6) is -0.411. The molecule has 0 spiro atoms. The van der Waals surface area contributed by atoms with Gasteiger partial charge in [0.15, 0.2) is 0 Å². The number of sulfonamides is 1. The molecule has 1 rings (SSSR count). The van der Waals surface area contributed by atoms with E-state index in [1.807, 2.05) is 0 Å². The van der Waals surface area contributed by atoms with Crippen LogP contribution in [0.4, 0.5) is 13.2 Å². The Morgan fingerprint density at radius 3 is 2.52 bits per heavy atom. The smallest absolute Gasteiger partial charge is 0.394 e. The highest BCUT2D eigenvalue weighted by molar-refractivity contribution is 8.00. The van der Waals surface area contributed by atoms with Gasteiger partial charge in [0, 0.05) is 12.3 Å². The number of nitrogens with one attached hydrogen (secondary N) is 1. The first kappa shape index (κ1) is 18.3. The second-order valence-electron chi connectivity index (χ2n) is 4.14. The molecule has 0 saturated carbocycles. The van der Waals surface area contributed by atoms with Gasteiger partial charge < -0.3 is 5.11 Å². The van der Waals surface area contributed by atoms with Crippen molar-refractivity contribution in [2.75, 3.05) is 18.9 Å². The molecule has 6 nitrogen and oxygen atoms in total. The molecule has 0 fully saturated rings. The summed E-state index contributed by atoms with van der Waals surface area (Å²) in [6.07, 6.45) is 0. The summed E-state index contributed by atoms with van der Waals surface area (Å²) in [4.78, 5) is -0.0621. The molecule has 0 radical (unpaired) electrons. The Labute approximate surface area is 124 Å². The molecular formula is C10H16F3N3O3S2. The molecule has 0 amide bonds. The maximum Gasteiger partial charge on any atom is 0.441 e. The van der Waals surface area contributed by atoms with Gasteiger partial charge in [0.2, 0.25) is 10.0 Å². The topological polar surface area (TPSA) is 84.2 Å². The molecule has 0 aliphatic heterocycles. The van der Waals surface area contributed by atoms with Gasteiger partial charge in [0.05, 0.1) is 24.5 Å². The highest BCUT2D eigenvalue weighted by atomic mass is 32.2. The van der Waals surface area contributed by atoms with Crippen LogP contribution >= 0.6 is 11.8 Å². The molecule has 0 aromatic carbocycles. The Bertz CT molecular complexity index is 584. The van der Waals surface area contributed by atoms with Crippen molar-refractivity contribution >= 4 is 21.8 Å². The van der Waals surface area contributed by atoms with E-state index in [2.05, 4.69) is 9.82 Å². The number of hydrogen-bond donors (Lipinski definition) is 2. The Morgan fingerprint density at radius 2 is 2.00 bits per heavy atom. The van der Waals surface area contributed by atoms with E-state index in [1.165, 1.54) is 18.5 Å². The number of aliphatic hydroxyl groups is 1. The number of aromatic nitrogens is 2. The highest BCUT2D eigenvalue weighted by Gasteiger charge is 2.28. The van der Waals surface area contributed by atoms with Gasteiger partial charge in [-0.25, -0.2) is 13.1 Å². The number of thioether (sulfide) groups is 1. The number of nitrogens with zero attached hydrogens (tertiary/aromatic N) is 2. The second kappa shape index (κ2) is 6.99. The lowest BCUT2D eigenvalue weighted by atomic mass is 10.4. The van der Waals surface area contributed by atoms with E-state index in [0.29, 0.717) is 5.69 Å². The van der Waals surface area contributed by atoms with Crippen molar-refractivity contribution in [2.24, 2.45) is 0 Å². The van der Waals surface area contributed by atoms with E-state index >= 15 is 0 Å². The van der Waals surface area contributed by atoms with E-state index in [-0.39, 0.29) is 42.0 Å². The van der Waals surface area contributed by atoms with Crippen LogP contribution in [0.15, 0.2) is 4.90 Å². The van der Waals surface area contributed by atoms with E-state index in [0.717, 1.165) is 0 Å². The first-order chi connectivity index (χ1) is 9.58. The largest absolute Gasteiger partial charge is 0.441 e. The Balaban J connectivity index is 2.79. The molecule has 0 unspecified atom stereocenters. The van der Waals surface area contributed by atoms with E-state index in [4.69, 9.17) is 5.11 Å². The Morgan fingerprint density at radius 1 is 1.38 bits per heavy atom. The van der Waals surface area contributed by atoms with Crippen molar-refractivity contribution in [2.45, 2.75) is 30.8 Å². The third kappa shape index (κ3) is 5.16.